The van der Waals surface area contributed by atoms with E-state index in [1.54, 1.807) is 46.8 Å². The Morgan fingerprint density at radius 2 is 2.00 bits per heavy atom. The summed E-state index contributed by atoms with van der Waals surface area (Å²) in [6.45, 7) is 9.41. The number of hydrogen-bond acceptors (Lipinski definition) is 5. The standard InChI is InChI=1S/C17H22N4O3/c1-16(2,3)24-15(23)21-9-8-20(14(22)17(21,4)5)13-7-6-12(10-18)11-19-13/h6-7,11H,8-9H2,1-5H3. The van der Waals surface area contributed by atoms with E-state index < -0.39 is 17.2 Å². The van der Waals surface area contributed by atoms with Crippen molar-refractivity contribution < 1.29 is 14.3 Å². The zero-order chi connectivity index (χ0) is 18.1. The van der Waals surface area contributed by atoms with Crippen LogP contribution in [0.4, 0.5) is 10.6 Å². The van der Waals surface area contributed by atoms with Gasteiger partial charge in [-0.2, -0.15) is 5.26 Å². The minimum absolute atomic E-state index is 0.239. The van der Waals surface area contributed by atoms with E-state index in [1.165, 1.54) is 16.0 Å². The molecule has 0 atom stereocenters. The number of piperazine rings is 1. The van der Waals surface area contributed by atoms with Crippen LogP contribution in [0, 0.1) is 11.3 Å². The number of rotatable bonds is 1. The molecule has 128 valence electrons. The molecule has 2 heterocycles. The summed E-state index contributed by atoms with van der Waals surface area (Å²) in [4.78, 5) is 32.4. The number of pyridine rings is 1. The molecule has 2 rings (SSSR count). The number of ether oxygens (including phenoxy) is 1. The van der Waals surface area contributed by atoms with Crippen LogP contribution < -0.4 is 4.90 Å². The van der Waals surface area contributed by atoms with Crippen molar-refractivity contribution in [2.75, 3.05) is 18.0 Å². The zero-order valence-corrected chi connectivity index (χ0v) is 14.7. The molecular formula is C17H22N4O3. The van der Waals surface area contributed by atoms with Crippen molar-refractivity contribution in [3.63, 3.8) is 0 Å². The van der Waals surface area contributed by atoms with Crippen LogP contribution in [0.5, 0.6) is 0 Å². The second-order valence-corrected chi connectivity index (χ2v) is 7.16. The summed E-state index contributed by atoms with van der Waals surface area (Å²) in [5, 5.41) is 8.83. The van der Waals surface area contributed by atoms with Crippen molar-refractivity contribution in [1.29, 1.82) is 5.26 Å². The van der Waals surface area contributed by atoms with Gasteiger partial charge in [-0.25, -0.2) is 9.78 Å². The van der Waals surface area contributed by atoms with Gasteiger partial charge in [0.25, 0.3) is 5.91 Å². The van der Waals surface area contributed by atoms with Gasteiger partial charge in [0.1, 0.15) is 23.0 Å². The minimum atomic E-state index is -1.05. The average molecular weight is 330 g/mol. The van der Waals surface area contributed by atoms with Gasteiger partial charge in [-0.1, -0.05) is 0 Å². The van der Waals surface area contributed by atoms with E-state index in [2.05, 4.69) is 4.98 Å². The summed E-state index contributed by atoms with van der Waals surface area (Å²) in [5.74, 6) is 0.229. The molecule has 1 aromatic rings. The van der Waals surface area contributed by atoms with E-state index >= 15 is 0 Å². The van der Waals surface area contributed by atoms with E-state index in [4.69, 9.17) is 10.00 Å². The van der Waals surface area contributed by atoms with Crippen molar-refractivity contribution in [2.24, 2.45) is 0 Å². The number of carbonyl (C=O) groups excluding carboxylic acids is 2. The van der Waals surface area contributed by atoms with Crippen molar-refractivity contribution >= 4 is 17.8 Å². The Morgan fingerprint density at radius 3 is 2.50 bits per heavy atom. The van der Waals surface area contributed by atoms with Gasteiger partial charge >= 0.3 is 6.09 Å². The molecule has 0 N–H and O–H groups in total. The normalized spacial score (nSPS) is 17.4. The van der Waals surface area contributed by atoms with Crippen LogP contribution in [-0.2, 0) is 9.53 Å². The zero-order valence-electron chi connectivity index (χ0n) is 14.7. The Morgan fingerprint density at radius 1 is 1.33 bits per heavy atom. The van der Waals surface area contributed by atoms with E-state index in [-0.39, 0.29) is 5.91 Å². The number of nitriles is 1. The summed E-state index contributed by atoms with van der Waals surface area (Å²) in [7, 11) is 0. The average Bonchev–Trinajstić information content (AvgIpc) is 2.48. The monoisotopic (exact) mass is 330 g/mol. The third-order valence-electron chi connectivity index (χ3n) is 3.76. The maximum absolute atomic E-state index is 12.9. The number of amides is 2. The van der Waals surface area contributed by atoms with Crippen molar-refractivity contribution in [3.05, 3.63) is 23.9 Å². The van der Waals surface area contributed by atoms with Crippen LogP contribution in [0.3, 0.4) is 0 Å². The largest absolute Gasteiger partial charge is 0.444 e. The second kappa shape index (κ2) is 6.11. The second-order valence-electron chi connectivity index (χ2n) is 7.16. The van der Waals surface area contributed by atoms with Gasteiger partial charge in [-0.05, 0) is 46.8 Å². The Bertz CT molecular complexity index is 683. The molecule has 1 aliphatic heterocycles. The van der Waals surface area contributed by atoms with Gasteiger partial charge in [0.2, 0.25) is 0 Å². The smallest absolute Gasteiger partial charge is 0.411 e. The minimum Gasteiger partial charge on any atom is -0.444 e. The Kier molecular flexibility index (Phi) is 4.52. The third-order valence-corrected chi connectivity index (χ3v) is 3.76. The van der Waals surface area contributed by atoms with Crippen LogP contribution in [0.1, 0.15) is 40.2 Å². The fourth-order valence-electron chi connectivity index (χ4n) is 2.49. The molecule has 0 bridgehead atoms. The van der Waals surface area contributed by atoms with Gasteiger partial charge in [0.05, 0.1) is 5.56 Å². The molecule has 24 heavy (non-hydrogen) atoms. The number of hydrogen-bond donors (Lipinski definition) is 0. The first-order valence-corrected chi connectivity index (χ1v) is 7.75. The van der Waals surface area contributed by atoms with Crippen LogP contribution in [-0.4, -0.2) is 46.1 Å². The third kappa shape index (κ3) is 3.48. The molecule has 7 heteroatoms. The lowest BCUT2D eigenvalue weighted by molar-refractivity contribution is -0.131. The van der Waals surface area contributed by atoms with Gasteiger partial charge in [-0.15, -0.1) is 0 Å². The molecule has 1 aromatic heterocycles. The Hall–Kier alpha value is -2.62. The predicted octanol–water partition coefficient (Wildman–Crippen LogP) is 2.32. The molecular weight excluding hydrogens is 308 g/mol. The maximum atomic E-state index is 12.9. The van der Waals surface area contributed by atoms with E-state index in [9.17, 15) is 9.59 Å². The van der Waals surface area contributed by atoms with Crippen LogP contribution in [0.15, 0.2) is 18.3 Å². The molecule has 0 radical (unpaired) electrons. The summed E-state index contributed by atoms with van der Waals surface area (Å²) in [5.41, 5.74) is -1.24. The first-order valence-electron chi connectivity index (χ1n) is 7.75. The number of nitrogens with zero attached hydrogens (tertiary/aromatic N) is 4. The maximum Gasteiger partial charge on any atom is 0.411 e. The highest BCUT2D eigenvalue weighted by Crippen LogP contribution is 2.27. The molecule has 0 spiro atoms. The fraction of sp³-hybridized carbons (Fsp3) is 0.529. The quantitative estimate of drug-likeness (QED) is 0.788. The van der Waals surface area contributed by atoms with Crippen molar-refractivity contribution in [1.82, 2.24) is 9.88 Å². The van der Waals surface area contributed by atoms with Gasteiger partial charge < -0.3 is 4.74 Å². The summed E-state index contributed by atoms with van der Waals surface area (Å²) in [6, 6.07) is 5.24. The Balaban J connectivity index is 2.22. The molecule has 0 saturated carbocycles. The molecule has 0 unspecified atom stereocenters. The lowest BCUT2D eigenvalue weighted by Gasteiger charge is -2.45. The van der Waals surface area contributed by atoms with E-state index in [1.807, 2.05) is 6.07 Å². The van der Waals surface area contributed by atoms with Crippen LogP contribution in [0.2, 0.25) is 0 Å². The molecule has 0 aromatic carbocycles. The lowest BCUT2D eigenvalue weighted by Crippen LogP contribution is -2.65. The lowest BCUT2D eigenvalue weighted by atomic mass is 9.98. The van der Waals surface area contributed by atoms with Crippen LogP contribution in [0.25, 0.3) is 0 Å². The van der Waals surface area contributed by atoms with Crippen molar-refractivity contribution in [3.8, 4) is 6.07 Å². The number of anilines is 1. The highest BCUT2D eigenvalue weighted by Gasteiger charge is 2.46. The topological polar surface area (TPSA) is 86.5 Å². The van der Waals surface area contributed by atoms with E-state index in [0.29, 0.717) is 24.5 Å². The molecule has 1 fully saturated rings. The summed E-state index contributed by atoms with van der Waals surface area (Å²) in [6.07, 6.45) is 0.920. The van der Waals surface area contributed by atoms with Crippen molar-refractivity contribution in [2.45, 2.75) is 45.8 Å². The highest BCUT2D eigenvalue weighted by molar-refractivity contribution is 6.01. The number of aromatic nitrogens is 1. The van der Waals surface area contributed by atoms with Gasteiger partial charge in [0.15, 0.2) is 0 Å². The summed E-state index contributed by atoms with van der Waals surface area (Å²) >= 11 is 0. The summed E-state index contributed by atoms with van der Waals surface area (Å²) < 4.78 is 5.40. The SMILES string of the molecule is CC(C)(C)OC(=O)N1CCN(c2ccc(C#N)cn2)C(=O)C1(C)C. The van der Waals surface area contributed by atoms with Crippen LogP contribution >= 0.6 is 0 Å². The first-order chi connectivity index (χ1) is 11.1. The molecule has 1 saturated heterocycles. The van der Waals surface area contributed by atoms with E-state index in [0.717, 1.165) is 0 Å². The fourth-order valence-corrected chi connectivity index (χ4v) is 2.49. The first kappa shape index (κ1) is 17.7. The Labute approximate surface area is 141 Å². The molecule has 1 aliphatic rings. The molecule has 2 amide bonds. The molecule has 0 aliphatic carbocycles. The predicted molar refractivity (Wildman–Crippen MR) is 88.3 cm³/mol. The van der Waals surface area contributed by atoms with Gasteiger partial charge in [0, 0.05) is 19.3 Å². The highest BCUT2D eigenvalue weighted by atomic mass is 16.6. The van der Waals surface area contributed by atoms with Gasteiger partial charge in [-0.3, -0.25) is 14.6 Å². The molecule has 7 nitrogen and oxygen atoms in total. The number of carbonyl (C=O) groups is 2.